The number of pyridine rings is 1. The van der Waals surface area contributed by atoms with E-state index in [9.17, 15) is 4.79 Å². The molecule has 3 rings (SSSR count). The maximum atomic E-state index is 12.5. The van der Waals surface area contributed by atoms with E-state index in [0.29, 0.717) is 12.6 Å². The Morgan fingerprint density at radius 3 is 2.64 bits per heavy atom. The summed E-state index contributed by atoms with van der Waals surface area (Å²) in [5.74, 6) is 0.765. The number of benzene rings is 1. The molecule has 0 spiro atoms. The van der Waals surface area contributed by atoms with Gasteiger partial charge in [-0.2, -0.15) is 0 Å². The molecule has 0 N–H and O–H groups in total. The lowest BCUT2D eigenvalue weighted by Crippen LogP contribution is -2.48. The van der Waals surface area contributed by atoms with Crippen molar-refractivity contribution in [1.29, 1.82) is 0 Å². The summed E-state index contributed by atoms with van der Waals surface area (Å²) >= 11 is 0. The summed E-state index contributed by atoms with van der Waals surface area (Å²) in [6.07, 6.45) is 3.80. The zero-order chi connectivity index (χ0) is 18.0. The fourth-order valence-electron chi connectivity index (χ4n) is 4.18. The second-order valence-electron chi connectivity index (χ2n) is 8.13. The molecule has 0 radical (unpaired) electrons. The molecule has 1 aliphatic heterocycles. The Labute approximate surface area is 150 Å². The van der Waals surface area contributed by atoms with Crippen LogP contribution < -0.4 is 10.3 Å². The van der Waals surface area contributed by atoms with Gasteiger partial charge in [-0.05, 0) is 36.9 Å². The molecular weight excluding hydrogens is 312 g/mol. The highest BCUT2D eigenvalue weighted by atomic mass is 16.5. The van der Waals surface area contributed by atoms with E-state index in [-0.39, 0.29) is 11.0 Å². The molecule has 0 bridgehead atoms. The van der Waals surface area contributed by atoms with Crippen LogP contribution in [-0.2, 0) is 6.54 Å². The van der Waals surface area contributed by atoms with E-state index in [1.54, 1.807) is 13.2 Å². The third kappa shape index (κ3) is 3.74. The molecule has 25 heavy (non-hydrogen) atoms. The van der Waals surface area contributed by atoms with E-state index in [0.717, 1.165) is 29.7 Å². The van der Waals surface area contributed by atoms with Gasteiger partial charge < -0.3 is 9.30 Å². The average Bonchev–Trinajstić information content (AvgIpc) is 2.60. The zero-order valence-corrected chi connectivity index (χ0v) is 15.9. The zero-order valence-electron chi connectivity index (χ0n) is 15.9. The minimum atomic E-state index is 0.0429. The number of hydrogen-bond acceptors (Lipinski definition) is 3. The minimum Gasteiger partial charge on any atom is -0.495 e. The van der Waals surface area contributed by atoms with Gasteiger partial charge in [0.15, 0.2) is 0 Å². The molecular formula is C21H30N2O2. The topological polar surface area (TPSA) is 34.5 Å². The van der Waals surface area contributed by atoms with Gasteiger partial charge in [0, 0.05) is 30.6 Å². The van der Waals surface area contributed by atoms with Crippen molar-refractivity contribution in [3.63, 3.8) is 0 Å². The van der Waals surface area contributed by atoms with Gasteiger partial charge in [0.25, 0.3) is 5.56 Å². The molecule has 1 saturated heterocycles. The number of likely N-dealkylation sites (tertiary alicyclic amines) is 1. The van der Waals surface area contributed by atoms with Crippen molar-refractivity contribution in [3.05, 3.63) is 40.7 Å². The smallest absolute Gasteiger partial charge is 0.251 e. The summed E-state index contributed by atoms with van der Waals surface area (Å²) in [6.45, 7) is 9.69. The Hall–Kier alpha value is -1.81. The maximum Gasteiger partial charge on any atom is 0.251 e. The van der Waals surface area contributed by atoms with Gasteiger partial charge in [-0.1, -0.05) is 39.3 Å². The van der Waals surface area contributed by atoms with E-state index in [2.05, 4.69) is 25.7 Å². The first-order chi connectivity index (χ1) is 11.9. The number of methoxy groups -OCH3 is 1. The van der Waals surface area contributed by atoms with E-state index in [4.69, 9.17) is 4.74 Å². The van der Waals surface area contributed by atoms with Crippen LogP contribution in [0.4, 0.5) is 0 Å². The lowest BCUT2D eigenvalue weighted by atomic mass is 9.80. The summed E-state index contributed by atoms with van der Waals surface area (Å²) < 4.78 is 7.39. The van der Waals surface area contributed by atoms with Crippen LogP contribution in [0.25, 0.3) is 10.9 Å². The second-order valence-corrected chi connectivity index (χ2v) is 8.13. The quantitative estimate of drug-likeness (QED) is 0.845. The first-order valence-corrected chi connectivity index (χ1v) is 9.32. The van der Waals surface area contributed by atoms with Crippen molar-refractivity contribution >= 4 is 10.9 Å². The first-order valence-electron chi connectivity index (χ1n) is 9.32. The molecule has 0 amide bonds. The van der Waals surface area contributed by atoms with Gasteiger partial charge >= 0.3 is 0 Å². The molecule has 1 aromatic carbocycles. The Morgan fingerprint density at radius 2 is 1.92 bits per heavy atom. The number of ether oxygens (including phenoxy) is 1. The third-order valence-electron chi connectivity index (χ3n) is 5.42. The highest BCUT2D eigenvalue weighted by Gasteiger charge is 2.32. The molecule has 1 atom stereocenters. The molecule has 2 heterocycles. The van der Waals surface area contributed by atoms with E-state index in [1.807, 2.05) is 28.8 Å². The van der Waals surface area contributed by atoms with Crippen LogP contribution in [-0.4, -0.2) is 35.7 Å². The summed E-state index contributed by atoms with van der Waals surface area (Å²) in [6, 6.07) is 10.1. The van der Waals surface area contributed by atoms with Crippen molar-refractivity contribution in [2.24, 2.45) is 5.41 Å². The fraction of sp³-hybridized carbons (Fsp3) is 0.571. The molecule has 1 aliphatic rings. The van der Waals surface area contributed by atoms with Crippen LogP contribution in [0.2, 0.25) is 0 Å². The molecule has 4 heteroatoms. The minimum absolute atomic E-state index is 0.0429. The van der Waals surface area contributed by atoms with E-state index >= 15 is 0 Å². The number of rotatable bonds is 4. The largest absolute Gasteiger partial charge is 0.495 e. The monoisotopic (exact) mass is 342 g/mol. The predicted molar refractivity (Wildman–Crippen MR) is 103 cm³/mol. The van der Waals surface area contributed by atoms with Crippen molar-refractivity contribution in [1.82, 2.24) is 9.47 Å². The second kappa shape index (κ2) is 7.20. The number of fused-ring (bicyclic) bond motifs is 1. The van der Waals surface area contributed by atoms with Gasteiger partial charge in [-0.25, -0.2) is 0 Å². The molecule has 1 fully saturated rings. The normalized spacial score (nSPS) is 19.3. The van der Waals surface area contributed by atoms with Crippen LogP contribution in [0.3, 0.4) is 0 Å². The highest BCUT2D eigenvalue weighted by molar-refractivity contribution is 5.84. The third-order valence-corrected chi connectivity index (χ3v) is 5.42. The van der Waals surface area contributed by atoms with Crippen molar-refractivity contribution in [2.75, 3.05) is 20.2 Å². The number of hydrogen-bond donors (Lipinski definition) is 0. The Balaban J connectivity index is 1.90. The molecule has 2 aromatic rings. The number of para-hydroxylation sites is 1. The van der Waals surface area contributed by atoms with Crippen molar-refractivity contribution < 1.29 is 4.74 Å². The SMILES string of the molecule is COc1cccc2ccc(=O)n(CCN3CCCCC3C(C)(C)C)c12. The summed E-state index contributed by atoms with van der Waals surface area (Å²) in [7, 11) is 1.66. The van der Waals surface area contributed by atoms with Crippen molar-refractivity contribution in [2.45, 2.75) is 52.6 Å². The standard InChI is InChI=1S/C21H30N2O2/c1-21(2,3)18-10-5-6-13-22(18)14-15-23-19(24)12-11-16-8-7-9-17(25-4)20(16)23/h7-9,11-12,18H,5-6,10,13-15H2,1-4H3. The molecule has 136 valence electrons. The van der Waals surface area contributed by atoms with Gasteiger partial charge in [0.2, 0.25) is 0 Å². The van der Waals surface area contributed by atoms with Gasteiger partial charge in [0.1, 0.15) is 5.75 Å². The summed E-state index contributed by atoms with van der Waals surface area (Å²) in [5.41, 5.74) is 1.21. The molecule has 0 saturated carbocycles. The fourth-order valence-corrected chi connectivity index (χ4v) is 4.18. The maximum absolute atomic E-state index is 12.5. The van der Waals surface area contributed by atoms with E-state index < -0.39 is 0 Å². The van der Waals surface area contributed by atoms with Crippen LogP contribution in [0.15, 0.2) is 35.1 Å². The number of aromatic nitrogens is 1. The van der Waals surface area contributed by atoms with Gasteiger partial charge in [0.05, 0.1) is 12.6 Å². The highest BCUT2D eigenvalue weighted by Crippen LogP contribution is 2.32. The Morgan fingerprint density at radius 1 is 1.12 bits per heavy atom. The lowest BCUT2D eigenvalue weighted by Gasteiger charge is -2.43. The van der Waals surface area contributed by atoms with Crippen LogP contribution in [0.1, 0.15) is 40.0 Å². The van der Waals surface area contributed by atoms with Crippen LogP contribution in [0.5, 0.6) is 5.75 Å². The van der Waals surface area contributed by atoms with Crippen LogP contribution in [0, 0.1) is 5.41 Å². The predicted octanol–water partition coefficient (Wildman–Crippen LogP) is 3.91. The summed E-state index contributed by atoms with van der Waals surface area (Å²) in [5, 5.41) is 1.05. The van der Waals surface area contributed by atoms with Crippen LogP contribution >= 0.6 is 0 Å². The molecule has 0 aliphatic carbocycles. The first kappa shape index (κ1) is 18.0. The van der Waals surface area contributed by atoms with Crippen molar-refractivity contribution in [3.8, 4) is 5.75 Å². The Kier molecular flexibility index (Phi) is 5.19. The molecule has 1 unspecified atom stereocenters. The summed E-state index contributed by atoms with van der Waals surface area (Å²) in [4.78, 5) is 15.1. The molecule has 1 aromatic heterocycles. The van der Waals surface area contributed by atoms with E-state index in [1.165, 1.54) is 19.3 Å². The van der Waals surface area contributed by atoms with Gasteiger partial charge in [-0.3, -0.25) is 9.69 Å². The number of piperidine rings is 1. The van der Waals surface area contributed by atoms with Gasteiger partial charge in [-0.15, -0.1) is 0 Å². The Bertz CT molecular complexity index is 789. The number of nitrogens with zero attached hydrogens (tertiary/aromatic N) is 2. The lowest BCUT2D eigenvalue weighted by molar-refractivity contribution is 0.0610. The molecule has 4 nitrogen and oxygen atoms in total. The average molecular weight is 342 g/mol.